The summed E-state index contributed by atoms with van der Waals surface area (Å²) in [4.78, 5) is 2.38. The molecule has 0 amide bonds. The Morgan fingerprint density at radius 2 is 1.09 bits per heavy atom. The first kappa shape index (κ1) is 30.3. The van der Waals surface area contributed by atoms with Crippen LogP contribution < -0.4 is 4.90 Å². The molecule has 250 valence electrons. The molecule has 2 heteroatoms. The molecule has 2 nitrogen and oxygen atoms in total. The fraction of sp³-hybridized carbons (Fsp3) is 0. The van der Waals surface area contributed by atoms with Gasteiger partial charge in [0.2, 0.25) is 0 Å². The molecule has 1 aliphatic rings. The first-order valence-corrected chi connectivity index (χ1v) is 18.4. The lowest BCUT2D eigenvalue weighted by Crippen LogP contribution is -2.10. The predicted molar refractivity (Wildman–Crippen MR) is 226 cm³/mol. The average molecular weight is 685 g/mol. The van der Waals surface area contributed by atoms with Crippen molar-refractivity contribution in [3.05, 3.63) is 206 Å². The van der Waals surface area contributed by atoms with E-state index in [-0.39, 0.29) is 0 Å². The standard InChI is InChI=1S/C52H32N2/c1-3-14-35(15-4-1)37-28-30-42(51(33-37)54-49-26-9-7-22-44(49)45-23-8-10-27-50(45)54)38-18-11-21-40(32-38)53(39-19-5-2-6-20-39)41-29-31-43-46-24-12-16-36-17-13-25-47(52(36)46)48(43)34-41/h1-9,11-26,28-34H. The van der Waals surface area contributed by atoms with Crippen LogP contribution in [-0.2, 0) is 0 Å². The fourth-order valence-corrected chi connectivity index (χ4v) is 8.57. The van der Waals surface area contributed by atoms with Gasteiger partial charge in [-0.15, -0.1) is 0 Å². The fourth-order valence-electron chi connectivity index (χ4n) is 8.57. The Bertz CT molecular complexity index is 2990. The van der Waals surface area contributed by atoms with Gasteiger partial charge in [0.15, 0.2) is 0 Å². The molecule has 0 N–H and O–H groups in total. The molecule has 1 aliphatic carbocycles. The van der Waals surface area contributed by atoms with E-state index < -0.39 is 0 Å². The Labute approximate surface area is 314 Å². The van der Waals surface area contributed by atoms with Crippen LogP contribution in [0.2, 0.25) is 0 Å². The molecule has 9 aromatic carbocycles. The maximum atomic E-state index is 3.48. The quantitative estimate of drug-likeness (QED) is 0.169. The Morgan fingerprint density at radius 3 is 1.94 bits per heavy atom. The summed E-state index contributed by atoms with van der Waals surface area (Å²) in [7, 11) is 0. The van der Waals surface area contributed by atoms with E-state index in [2.05, 4.69) is 210 Å². The molecule has 1 aromatic heterocycles. The van der Waals surface area contributed by atoms with E-state index in [1.807, 2.05) is 6.07 Å². The molecule has 0 aliphatic heterocycles. The predicted octanol–water partition coefficient (Wildman–Crippen LogP) is 14.0. The molecule has 0 radical (unpaired) electrons. The Kier molecular flexibility index (Phi) is 6.80. The van der Waals surface area contributed by atoms with Crippen molar-refractivity contribution >= 4 is 49.6 Å². The first-order valence-electron chi connectivity index (χ1n) is 18.4. The highest BCUT2D eigenvalue weighted by Gasteiger charge is 2.24. The van der Waals surface area contributed by atoms with Gasteiger partial charge in [0.1, 0.15) is 5.52 Å². The summed E-state index contributed by atoms with van der Waals surface area (Å²) in [5, 5.41) is 4.99. The lowest BCUT2D eigenvalue weighted by molar-refractivity contribution is 1.18. The number of fused-ring (bicyclic) bond motifs is 6. The zero-order valence-electron chi connectivity index (χ0n) is 29.4. The highest BCUT2D eigenvalue weighted by molar-refractivity contribution is 6.16. The van der Waals surface area contributed by atoms with Crippen molar-refractivity contribution in [1.82, 2.24) is 4.57 Å². The Morgan fingerprint density at radius 1 is 0.407 bits per heavy atom. The van der Waals surface area contributed by atoms with Crippen molar-refractivity contribution in [2.45, 2.75) is 0 Å². The molecule has 10 aromatic rings. The highest BCUT2D eigenvalue weighted by atomic mass is 15.1. The van der Waals surface area contributed by atoms with Crippen LogP contribution in [-0.4, -0.2) is 4.57 Å². The van der Waals surface area contributed by atoms with E-state index >= 15 is 0 Å². The van der Waals surface area contributed by atoms with E-state index in [0.717, 1.165) is 50.5 Å². The monoisotopic (exact) mass is 684 g/mol. The molecule has 0 saturated carbocycles. The van der Waals surface area contributed by atoms with Gasteiger partial charge in [0.25, 0.3) is 0 Å². The first-order chi connectivity index (χ1) is 26.8. The van der Waals surface area contributed by atoms with E-state index in [4.69, 9.17) is 0 Å². The van der Waals surface area contributed by atoms with Gasteiger partial charge in [-0.05, 0) is 116 Å². The van der Waals surface area contributed by atoms with Crippen LogP contribution in [0.5, 0.6) is 0 Å². The molecule has 0 atom stereocenters. The minimum absolute atomic E-state index is 1.02. The summed E-state index contributed by atoms with van der Waals surface area (Å²) in [6, 6.07) is 76.9. The number of hydrogen-bond acceptors (Lipinski definition) is 1. The second-order valence-corrected chi connectivity index (χ2v) is 14.0. The molecular formula is C52H32N2. The van der Waals surface area contributed by atoms with Gasteiger partial charge in [-0.1, -0.05) is 140 Å². The average Bonchev–Trinajstić information content (AvgIpc) is 3.75. The van der Waals surface area contributed by atoms with Crippen LogP contribution in [0.1, 0.15) is 0 Å². The van der Waals surface area contributed by atoms with Gasteiger partial charge in [-0.2, -0.15) is 0 Å². The lowest BCUT2D eigenvalue weighted by Gasteiger charge is -2.27. The summed E-state index contributed by atoms with van der Waals surface area (Å²) in [5.41, 5.74) is 16.4. The third-order valence-corrected chi connectivity index (χ3v) is 11.0. The molecule has 0 bridgehead atoms. The summed E-state index contributed by atoms with van der Waals surface area (Å²) >= 11 is 0. The number of hydrogen-bond donors (Lipinski definition) is 0. The van der Waals surface area contributed by atoms with Gasteiger partial charge in [0.05, 0.1) is 11.2 Å². The van der Waals surface area contributed by atoms with Crippen molar-refractivity contribution in [3.8, 4) is 50.2 Å². The van der Waals surface area contributed by atoms with E-state index in [1.165, 1.54) is 49.4 Å². The van der Waals surface area contributed by atoms with Gasteiger partial charge >= 0.3 is 0 Å². The minimum Gasteiger partial charge on any atom is -0.310 e. The second kappa shape index (κ2) is 12.1. The largest absolute Gasteiger partial charge is 0.310 e. The molecule has 0 unspecified atom stereocenters. The lowest BCUT2D eigenvalue weighted by atomic mass is 9.97. The van der Waals surface area contributed by atoms with Gasteiger partial charge in [-0.3, -0.25) is 0 Å². The van der Waals surface area contributed by atoms with Crippen LogP contribution in [0.25, 0.3) is 82.8 Å². The molecule has 0 fully saturated rings. The van der Waals surface area contributed by atoms with E-state index in [0.29, 0.717) is 0 Å². The zero-order chi connectivity index (χ0) is 35.6. The summed E-state index contributed by atoms with van der Waals surface area (Å²) < 4.78 is 2.36. The van der Waals surface area contributed by atoms with Crippen LogP contribution in [0.3, 0.4) is 0 Å². The molecule has 0 saturated heterocycles. The number of anilines is 3. The summed E-state index contributed by atoms with van der Waals surface area (Å²) in [5.74, 6) is 0. The molecule has 1 heterocycles. The number of aromatic nitrogens is 1. The summed E-state index contributed by atoms with van der Waals surface area (Å²) in [6.45, 7) is 0. The molecule has 54 heavy (non-hydrogen) atoms. The zero-order valence-corrected chi connectivity index (χ0v) is 29.4. The topological polar surface area (TPSA) is 8.17 Å². The van der Waals surface area contributed by atoms with Crippen LogP contribution in [0.15, 0.2) is 194 Å². The van der Waals surface area contributed by atoms with E-state index in [9.17, 15) is 0 Å². The Hall–Kier alpha value is -7.34. The third kappa shape index (κ3) is 4.69. The van der Waals surface area contributed by atoms with Crippen molar-refractivity contribution in [2.75, 3.05) is 4.90 Å². The molecule has 11 rings (SSSR count). The highest BCUT2D eigenvalue weighted by Crippen LogP contribution is 2.50. The Balaban J connectivity index is 1.12. The van der Waals surface area contributed by atoms with Crippen molar-refractivity contribution in [3.63, 3.8) is 0 Å². The van der Waals surface area contributed by atoms with Gasteiger partial charge < -0.3 is 9.47 Å². The summed E-state index contributed by atoms with van der Waals surface area (Å²) in [6.07, 6.45) is 0. The number of benzene rings is 8. The SMILES string of the molecule is c1ccc2c3ccccc3n(-c3cc(-c4ccccc4)ccc3-c3cccc(N(c4ccccc4)c4ccc5c(c4)-c4cccc6cccc-5c46)c3)c2c#1. The van der Waals surface area contributed by atoms with E-state index in [1.54, 1.807) is 0 Å². The molecule has 0 spiro atoms. The smallest absolute Gasteiger partial charge is 0.105 e. The van der Waals surface area contributed by atoms with Crippen LogP contribution >= 0.6 is 0 Å². The van der Waals surface area contributed by atoms with Crippen LogP contribution in [0, 0.1) is 12.1 Å². The van der Waals surface area contributed by atoms with Gasteiger partial charge in [-0.25, -0.2) is 0 Å². The molecular weight excluding hydrogens is 653 g/mol. The van der Waals surface area contributed by atoms with Gasteiger partial charge in [0, 0.05) is 33.4 Å². The maximum Gasteiger partial charge on any atom is 0.105 e. The normalized spacial score (nSPS) is 11.6. The number of nitrogens with zero attached hydrogens (tertiary/aromatic N) is 2. The second-order valence-electron chi connectivity index (χ2n) is 14.0. The van der Waals surface area contributed by atoms with Crippen LogP contribution in [0.4, 0.5) is 17.1 Å². The van der Waals surface area contributed by atoms with Crippen molar-refractivity contribution < 1.29 is 0 Å². The number of para-hydroxylation sites is 2. The minimum atomic E-state index is 1.02. The number of rotatable bonds is 6. The third-order valence-electron chi connectivity index (χ3n) is 11.0. The van der Waals surface area contributed by atoms with Crippen molar-refractivity contribution in [2.24, 2.45) is 0 Å². The maximum absolute atomic E-state index is 3.48. The van der Waals surface area contributed by atoms with Crippen molar-refractivity contribution in [1.29, 1.82) is 0 Å².